The Morgan fingerprint density at radius 1 is 0.625 bits per heavy atom. The number of carboxylic acids is 1. The molecule has 6 atom stereocenters. The lowest BCUT2D eigenvalue weighted by molar-refractivity contribution is -0.147. The van der Waals surface area contributed by atoms with Crippen molar-refractivity contribution in [3.8, 4) is 0 Å². The van der Waals surface area contributed by atoms with E-state index in [4.69, 9.17) is 5.11 Å². The van der Waals surface area contributed by atoms with Crippen LogP contribution in [0.15, 0.2) is 0 Å². The van der Waals surface area contributed by atoms with E-state index in [0.29, 0.717) is 76.8 Å². The number of aliphatic carboxylic acids is 1. The molecule has 0 bridgehead atoms. The number of hydrogen-bond acceptors (Lipinski definition) is 11. The summed E-state index contributed by atoms with van der Waals surface area (Å²) in [5, 5.41) is 22.5. The third-order valence-corrected chi connectivity index (χ3v) is 11.9. The Morgan fingerprint density at radius 2 is 1.12 bits per heavy atom. The van der Waals surface area contributed by atoms with E-state index in [2.05, 4.69) is 26.6 Å². The van der Waals surface area contributed by atoms with Crippen molar-refractivity contribution >= 4 is 65.0 Å². The zero-order valence-electron chi connectivity index (χ0n) is 31.9. The van der Waals surface area contributed by atoms with Crippen LogP contribution in [0, 0.1) is 0 Å². The number of hydrogen-bond donors (Lipinski definition) is 6. The van der Waals surface area contributed by atoms with Crippen LogP contribution in [-0.2, 0) is 43.2 Å². The number of carbonyl (C=O) groups excluding carboxylic acids is 8. The first-order valence-electron chi connectivity index (χ1n) is 19.7. The third-order valence-electron chi connectivity index (χ3n) is 11.3. The van der Waals surface area contributed by atoms with Gasteiger partial charge in [0.25, 0.3) is 0 Å². The van der Waals surface area contributed by atoms with Crippen molar-refractivity contribution in [2.24, 2.45) is 0 Å². The summed E-state index contributed by atoms with van der Waals surface area (Å²) in [6.07, 6.45) is 7.69. The molecule has 0 radical (unpaired) electrons. The fourth-order valence-electron chi connectivity index (χ4n) is 8.38. The normalized spacial score (nSPS) is 25.2. The van der Waals surface area contributed by atoms with Crippen molar-refractivity contribution < 1.29 is 48.3 Å². The summed E-state index contributed by atoms with van der Waals surface area (Å²) in [5.41, 5.74) is 0. The van der Waals surface area contributed by atoms with Crippen LogP contribution in [-0.4, -0.2) is 179 Å². The minimum atomic E-state index is -1.20. The number of amides is 8. The standard InChI is InChI=1S/C36H55N9O10S/c1-56-18-12-22(31(50)38-19-29(47)43-15-6-11-27(43)36(55)45-17-5-9-25(45)33(52)40-21-30(48)49)41-34(53)26-10-3-14-42(26)28(46)20-39-32(51)24-8-4-16-44(24)35(54)23-7-2-13-37-23/h22-27,37H,2-21H2,1H3,(H,38,50)(H,39,51)(H,40,52)(H,41,53)(H,48,49)/t22-,23-,24-,25-,26-,27-/m0/s1. The minimum absolute atomic E-state index is 0.0993. The minimum Gasteiger partial charge on any atom is -0.480 e. The molecule has 5 saturated heterocycles. The molecule has 0 aromatic rings. The second-order valence-corrected chi connectivity index (χ2v) is 15.9. The molecule has 0 spiro atoms. The highest BCUT2D eigenvalue weighted by molar-refractivity contribution is 7.98. The number of thioether (sulfide) groups is 1. The Balaban J connectivity index is 1.11. The lowest BCUT2D eigenvalue weighted by atomic mass is 10.1. The number of carbonyl (C=O) groups is 9. The van der Waals surface area contributed by atoms with Gasteiger partial charge in [-0.3, -0.25) is 43.2 Å². The molecular weight excluding hydrogens is 751 g/mol. The molecular formula is C36H55N9O10S. The van der Waals surface area contributed by atoms with E-state index in [1.807, 2.05) is 6.26 Å². The Kier molecular flexibility index (Phi) is 15.3. The van der Waals surface area contributed by atoms with Crippen LogP contribution >= 0.6 is 11.8 Å². The molecule has 56 heavy (non-hydrogen) atoms. The summed E-state index contributed by atoms with van der Waals surface area (Å²) < 4.78 is 0. The van der Waals surface area contributed by atoms with Crippen molar-refractivity contribution in [3.63, 3.8) is 0 Å². The van der Waals surface area contributed by atoms with Gasteiger partial charge in [0.05, 0.1) is 19.1 Å². The van der Waals surface area contributed by atoms with Gasteiger partial charge in [-0.15, -0.1) is 0 Å². The lowest BCUT2D eigenvalue weighted by Gasteiger charge is -2.31. The highest BCUT2D eigenvalue weighted by Gasteiger charge is 2.43. The predicted octanol–water partition coefficient (Wildman–Crippen LogP) is -2.63. The van der Waals surface area contributed by atoms with E-state index in [1.54, 1.807) is 4.90 Å². The van der Waals surface area contributed by atoms with E-state index >= 15 is 0 Å². The molecule has 5 aliphatic heterocycles. The van der Waals surface area contributed by atoms with E-state index in [9.17, 15) is 43.2 Å². The van der Waals surface area contributed by atoms with Crippen LogP contribution < -0.4 is 26.6 Å². The van der Waals surface area contributed by atoms with Gasteiger partial charge < -0.3 is 51.3 Å². The van der Waals surface area contributed by atoms with Crippen molar-refractivity contribution in [3.05, 3.63) is 0 Å². The first-order chi connectivity index (χ1) is 26.9. The Morgan fingerprint density at radius 3 is 1.68 bits per heavy atom. The largest absolute Gasteiger partial charge is 0.480 e. The Labute approximate surface area is 330 Å². The van der Waals surface area contributed by atoms with E-state index < -0.39 is 90.6 Å². The van der Waals surface area contributed by atoms with Gasteiger partial charge in [0.2, 0.25) is 47.3 Å². The summed E-state index contributed by atoms with van der Waals surface area (Å²) in [6, 6.07) is -4.48. The predicted molar refractivity (Wildman–Crippen MR) is 202 cm³/mol. The van der Waals surface area contributed by atoms with Gasteiger partial charge in [0.1, 0.15) is 36.8 Å². The van der Waals surface area contributed by atoms with Gasteiger partial charge in [-0.2, -0.15) is 11.8 Å². The first kappa shape index (κ1) is 42.7. The summed E-state index contributed by atoms with van der Waals surface area (Å²) >= 11 is 1.47. The number of nitrogens with one attached hydrogen (secondary N) is 5. The summed E-state index contributed by atoms with van der Waals surface area (Å²) in [4.78, 5) is 123. The van der Waals surface area contributed by atoms with Gasteiger partial charge in [-0.25, -0.2) is 0 Å². The average molecular weight is 806 g/mol. The van der Waals surface area contributed by atoms with Crippen molar-refractivity contribution in [1.29, 1.82) is 0 Å². The summed E-state index contributed by atoms with van der Waals surface area (Å²) in [6.45, 7) is 0.791. The fraction of sp³-hybridized carbons (Fsp3) is 0.750. The smallest absolute Gasteiger partial charge is 0.322 e. The molecule has 0 aromatic carbocycles. The number of rotatable bonds is 16. The molecule has 5 heterocycles. The number of nitrogens with zero attached hydrogens (tertiary/aromatic N) is 4. The SMILES string of the molecule is CSCC[C@H](NC(=O)[C@@H]1CCCN1C(=O)CNC(=O)[C@@H]1CCCN1C(=O)[C@@H]1CCCN1)C(=O)NCC(=O)N1CCC[C@H]1C(=O)N1CCC[C@H]1C(=O)NCC(=O)O. The molecule has 0 aliphatic carbocycles. The lowest BCUT2D eigenvalue weighted by Crippen LogP contribution is -2.56. The molecule has 0 unspecified atom stereocenters. The highest BCUT2D eigenvalue weighted by Crippen LogP contribution is 2.26. The molecule has 0 aromatic heterocycles. The van der Waals surface area contributed by atoms with Crippen LogP contribution in [0.5, 0.6) is 0 Å². The van der Waals surface area contributed by atoms with Gasteiger partial charge in [-0.1, -0.05) is 0 Å². The van der Waals surface area contributed by atoms with Gasteiger partial charge in [-0.05, 0) is 89.2 Å². The quantitative estimate of drug-likeness (QED) is 0.0939. The second kappa shape index (κ2) is 20.1. The zero-order valence-corrected chi connectivity index (χ0v) is 32.7. The number of carboxylic acid groups (broad SMARTS) is 1. The van der Waals surface area contributed by atoms with E-state index in [1.165, 1.54) is 26.5 Å². The Bertz CT molecular complexity index is 1530. The van der Waals surface area contributed by atoms with Crippen molar-refractivity contribution in [2.75, 3.05) is 64.4 Å². The van der Waals surface area contributed by atoms with Gasteiger partial charge in [0, 0.05) is 26.2 Å². The number of likely N-dealkylation sites (tertiary alicyclic amines) is 4. The van der Waals surface area contributed by atoms with Gasteiger partial charge in [0.15, 0.2) is 0 Å². The molecule has 5 rings (SSSR count). The van der Waals surface area contributed by atoms with Crippen molar-refractivity contribution in [1.82, 2.24) is 46.2 Å². The maximum atomic E-state index is 13.6. The van der Waals surface area contributed by atoms with Crippen LogP contribution in [0.4, 0.5) is 0 Å². The zero-order chi connectivity index (χ0) is 40.4. The van der Waals surface area contributed by atoms with Crippen LogP contribution in [0.1, 0.15) is 70.6 Å². The molecule has 8 amide bonds. The molecule has 6 N–H and O–H groups in total. The van der Waals surface area contributed by atoms with Crippen LogP contribution in [0.25, 0.3) is 0 Å². The average Bonchev–Trinajstić information content (AvgIpc) is 4.04. The molecule has 19 nitrogen and oxygen atoms in total. The first-order valence-corrected chi connectivity index (χ1v) is 21.1. The third kappa shape index (κ3) is 10.5. The van der Waals surface area contributed by atoms with Gasteiger partial charge >= 0.3 is 5.97 Å². The summed E-state index contributed by atoms with van der Waals surface area (Å²) in [5.74, 6) is -4.21. The fourth-order valence-corrected chi connectivity index (χ4v) is 8.85. The highest BCUT2D eigenvalue weighted by atomic mass is 32.2. The van der Waals surface area contributed by atoms with Crippen molar-refractivity contribution in [2.45, 2.75) is 107 Å². The molecule has 0 saturated carbocycles. The molecule has 5 fully saturated rings. The maximum absolute atomic E-state index is 13.6. The second-order valence-electron chi connectivity index (χ2n) is 14.9. The topological polar surface area (TPSA) is 247 Å². The summed E-state index contributed by atoms with van der Waals surface area (Å²) in [7, 11) is 0. The Hall–Kier alpha value is -4.46. The molecule has 310 valence electrons. The monoisotopic (exact) mass is 805 g/mol. The van der Waals surface area contributed by atoms with Crippen LogP contribution in [0.3, 0.4) is 0 Å². The maximum Gasteiger partial charge on any atom is 0.322 e. The molecule has 5 aliphatic rings. The van der Waals surface area contributed by atoms with E-state index in [-0.39, 0.29) is 31.5 Å². The molecule has 20 heteroatoms. The van der Waals surface area contributed by atoms with E-state index in [0.717, 1.165) is 19.4 Å². The van der Waals surface area contributed by atoms with Crippen LogP contribution in [0.2, 0.25) is 0 Å².